The lowest BCUT2D eigenvalue weighted by molar-refractivity contribution is -0.144. The van der Waals surface area contributed by atoms with Gasteiger partial charge in [-0.3, -0.25) is 0 Å². The molecule has 1 unspecified atom stereocenters. The Kier molecular flexibility index (Phi) is 6.41. The SMILES string of the molecule is C=CC[C@@H]1O[C@H](CC2COC(C)(C)O2)[C@H](OCCCC)[C@H]1O. The zero-order chi connectivity index (χ0) is 16.2. The van der Waals surface area contributed by atoms with Gasteiger partial charge in [0.05, 0.1) is 24.9 Å². The van der Waals surface area contributed by atoms with E-state index in [1.165, 1.54) is 0 Å². The van der Waals surface area contributed by atoms with Crippen molar-refractivity contribution in [2.45, 2.75) is 82.8 Å². The minimum Gasteiger partial charge on any atom is -0.388 e. The maximum Gasteiger partial charge on any atom is 0.163 e. The van der Waals surface area contributed by atoms with Crippen molar-refractivity contribution in [2.75, 3.05) is 13.2 Å². The Labute approximate surface area is 133 Å². The highest BCUT2D eigenvalue weighted by molar-refractivity contribution is 4.96. The zero-order valence-corrected chi connectivity index (χ0v) is 14.0. The van der Waals surface area contributed by atoms with Crippen LogP contribution in [-0.2, 0) is 18.9 Å². The number of ether oxygens (including phenoxy) is 4. The van der Waals surface area contributed by atoms with Crippen LogP contribution in [0.1, 0.15) is 46.5 Å². The smallest absolute Gasteiger partial charge is 0.163 e. The van der Waals surface area contributed by atoms with Crippen molar-refractivity contribution in [3.05, 3.63) is 12.7 Å². The Morgan fingerprint density at radius 1 is 1.36 bits per heavy atom. The first kappa shape index (κ1) is 17.9. The number of aliphatic hydroxyl groups is 1. The summed E-state index contributed by atoms with van der Waals surface area (Å²) in [6, 6.07) is 0. The van der Waals surface area contributed by atoms with Gasteiger partial charge in [0.25, 0.3) is 0 Å². The molecule has 2 aliphatic heterocycles. The second kappa shape index (κ2) is 7.88. The summed E-state index contributed by atoms with van der Waals surface area (Å²) < 4.78 is 23.4. The Hall–Kier alpha value is -0.460. The molecule has 128 valence electrons. The van der Waals surface area contributed by atoms with Crippen LogP contribution in [0.3, 0.4) is 0 Å². The summed E-state index contributed by atoms with van der Waals surface area (Å²) in [5.74, 6) is -0.541. The third-order valence-electron chi connectivity index (χ3n) is 4.20. The first-order valence-corrected chi connectivity index (χ1v) is 8.34. The van der Waals surface area contributed by atoms with Crippen LogP contribution >= 0.6 is 0 Å². The molecule has 0 aliphatic carbocycles. The van der Waals surface area contributed by atoms with Crippen LogP contribution in [0.25, 0.3) is 0 Å². The van der Waals surface area contributed by atoms with Gasteiger partial charge < -0.3 is 24.1 Å². The monoisotopic (exact) mass is 314 g/mol. The molecule has 0 radical (unpaired) electrons. The first-order chi connectivity index (χ1) is 10.5. The van der Waals surface area contributed by atoms with E-state index in [9.17, 15) is 5.11 Å². The summed E-state index contributed by atoms with van der Waals surface area (Å²) in [4.78, 5) is 0. The molecule has 0 amide bonds. The molecule has 5 nitrogen and oxygen atoms in total. The van der Waals surface area contributed by atoms with Gasteiger partial charge in [-0.15, -0.1) is 6.58 Å². The molecule has 2 fully saturated rings. The predicted molar refractivity (Wildman–Crippen MR) is 83.7 cm³/mol. The van der Waals surface area contributed by atoms with Gasteiger partial charge in [0, 0.05) is 13.0 Å². The van der Waals surface area contributed by atoms with Crippen LogP contribution in [0, 0.1) is 0 Å². The molecule has 5 heteroatoms. The summed E-state index contributed by atoms with van der Waals surface area (Å²) in [5, 5.41) is 10.5. The highest BCUT2D eigenvalue weighted by Crippen LogP contribution is 2.33. The van der Waals surface area contributed by atoms with E-state index in [1.54, 1.807) is 6.08 Å². The average molecular weight is 314 g/mol. The third kappa shape index (κ3) is 4.52. The number of aliphatic hydroxyl groups excluding tert-OH is 1. The van der Waals surface area contributed by atoms with Crippen molar-refractivity contribution in [1.29, 1.82) is 0 Å². The van der Waals surface area contributed by atoms with E-state index in [-0.39, 0.29) is 24.4 Å². The topological polar surface area (TPSA) is 57.2 Å². The van der Waals surface area contributed by atoms with Gasteiger partial charge in [0.1, 0.15) is 12.2 Å². The molecule has 2 aliphatic rings. The second-order valence-electron chi connectivity index (χ2n) is 6.60. The van der Waals surface area contributed by atoms with Crippen molar-refractivity contribution in [3.63, 3.8) is 0 Å². The summed E-state index contributed by atoms with van der Waals surface area (Å²) >= 11 is 0. The molecular weight excluding hydrogens is 284 g/mol. The van der Waals surface area contributed by atoms with E-state index < -0.39 is 11.9 Å². The second-order valence-corrected chi connectivity index (χ2v) is 6.60. The van der Waals surface area contributed by atoms with Gasteiger partial charge in [0.15, 0.2) is 5.79 Å². The number of rotatable bonds is 8. The largest absolute Gasteiger partial charge is 0.388 e. The Morgan fingerprint density at radius 2 is 2.14 bits per heavy atom. The van der Waals surface area contributed by atoms with Crippen LogP contribution in [0.2, 0.25) is 0 Å². The normalized spacial score (nSPS) is 37.5. The van der Waals surface area contributed by atoms with Gasteiger partial charge in [-0.2, -0.15) is 0 Å². The van der Waals surface area contributed by atoms with Gasteiger partial charge in [-0.25, -0.2) is 0 Å². The molecule has 2 saturated heterocycles. The molecule has 0 aromatic rings. The lowest BCUT2D eigenvalue weighted by Gasteiger charge is -2.23. The van der Waals surface area contributed by atoms with E-state index in [1.807, 2.05) is 13.8 Å². The molecule has 0 aromatic heterocycles. The molecular formula is C17H30O5. The molecule has 0 aromatic carbocycles. The molecule has 2 rings (SSSR count). The minimum absolute atomic E-state index is 0.0213. The first-order valence-electron chi connectivity index (χ1n) is 8.34. The third-order valence-corrected chi connectivity index (χ3v) is 4.20. The maximum absolute atomic E-state index is 10.5. The summed E-state index contributed by atoms with van der Waals surface area (Å²) in [7, 11) is 0. The van der Waals surface area contributed by atoms with Crippen LogP contribution in [0.4, 0.5) is 0 Å². The van der Waals surface area contributed by atoms with Crippen LogP contribution < -0.4 is 0 Å². The van der Waals surface area contributed by atoms with Crippen molar-refractivity contribution in [3.8, 4) is 0 Å². The summed E-state index contributed by atoms with van der Waals surface area (Å²) in [5.41, 5.74) is 0. The van der Waals surface area contributed by atoms with Crippen LogP contribution in [0.15, 0.2) is 12.7 Å². The van der Waals surface area contributed by atoms with Crippen molar-refractivity contribution in [1.82, 2.24) is 0 Å². The predicted octanol–water partition coefficient (Wildman–Crippen LogP) is 2.42. The quantitative estimate of drug-likeness (QED) is 0.551. The Morgan fingerprint density at radius 3 is 2.73 bits per heavy atom. The van der Waals surface area contributed by atoms with Crippen molar-refractivity contribution in [2.24, 2.45) is 0 Å². The van der Waals surface area contributed by atoms with Gasteiger partial charge in [-0.1, -0.05) is 19.4 Å². The summed E-state index contributed by atoms with van der Waals surface area (Å²) in [6.45, 7) is 10.9. The molecule has 0 spiro atoms. The lowest BCUT2D eigenvalue weighted by atomic mass is 10.0. The van der Waals surface area contributed by atoms with Crippen LogP contribution in [0.5, 0.6) is 0 Å². The fourth-order valence-corrected chi connectivity index (χ4v) is 3.07. The van der Waals surface area contributed by atoms with E-state index in [0.29, 0.717) is 26.1 Å². The van der Waals surface area contributed by atoms with Gasteiger partial charge in [0.2, 0.25) is 0 Å². The maximum atomic E-state index is 10.5. The fourth-order valence-electron chi connectivity index (χ4n) is 3.07. The molecule has 2 heterocycles. The Balaban J connectivity index is 1.94. The van der Waals surface area contributed by atoms with E-state index in [4.69, 9.17) is 18.9 Å². The molecule has 5 atom stereocenters. The van der Waals surface area contributed by atoms with Crippen LogP contribution in [-0.4, -0.2) is 54.6 Å². The van der Waals surface area contributed by atoms with E-state index in [0.717, 1.165) is 12.8 Å². The minimum atomic E-state index is -0.616. The zero-order valence-electron chi connectivity index (χ0n) is 14.0. The van der Waals surface area contributed by atoms with Gasteiger partial charge in [-0.05, 0) is 26.7 Å². The number of unbranched alkanes of at least 4 members (excludes halogenated alkanes) is 1. The van der Waals surface area contributed by atoms with E-state index >= 15 is 0 Å². The van der Waals surface area contributed by atoms with Gasteiger partial charge >= 0.3 is 0 Å². The molecule has 1 N–H and O–H groups in total. The average Bonchev–Trinajstić information content (AvgIpc) is 2.94. The molecule has 22 heavy (non-hydrogen) atoms. The lowest BCUT2D eigenvalue weighted by Crippen LogP contribution is -2.37. The number of hydrogen-bond acceptors (Lipinski definition) is 5. The summed E-state index contributed by atoms with van der Waals surface area (Å²) in [6.07, 6.45) is 3.77. The highest BCUT2D eigenvalue weighted by Gasteiger charge is 2.46. The van der Waals surface area contributed by atoms with E-state index in [2.05, 4.69) is 13.5 Å². The standard InChI is InChI=1S/C17H30O5/c1-5-7-9-19-16-14(21-13(8-6-2)15(16)18)10-12-11-20-17(3,4)22-12/h6,12-16,18H,2,5,7-11H2,1,3-4H3/t12?,13-,14+,15-,16-/m0/s1. The Bertz CT molecular complexity index is 357. The van der Waals surface area contributed by atoms with Crippen molar-refractivity contribution < 1.29 is 24.1 Å². The highest BCUT2D eigenvalue weighted by atomic mass is 16.7. The fraction of sp³-hybridized carbons (Fsp3) is 0.882. The number of hydrogen-bond donors (Lipinski definition) is 1. The van der Waals surface area contributed by atoms with Crippen molar-refractivity contribution >= 4 is 0 Å². The molecule has 0 bridgehead atoms. The molecule has 0 saturated carbocycles.